The Hall–Kier alpha value is -3.40. The topological polar surface area (TPSA) is 121 Å². The van der Waals surface area contributed by atoms with Gasteiger partial charge in [-0.25, -0.2) is 24.4 Å². The molecule has 0 fully saturated rings. The van der Waals surface area contributed by atoms with Crippen LogP contribution in [0.25, 0.3) is 0 Å². The SMILES string of the molecule is Cc1nc(C)c(CC(=O)Nc2ccc(F)c(C3C=NN4CC(N)C=NC4=N3)c2)o1. The number of benzene rings is 1. The number of nitrogens with zero attached hydrogens (tertiary/aromatic N) is 5. The minimum absolute atomic E-state index is 0.0382. The van der Waals surface area contributed by atoms with E-state index < -0.39 is 11.9 Å². The predicted molar refractivity (Wildman–Crippen MR) is 107 cm³/mol. The summed E-state index contributed by atoms with van der Waals surface area (Å²) in [6.45, 7) is 3.96. The molecule has 0 spiro atoms. The van der Waals surface area contributed by atoms with E-state index in [0.717, 1.165) is 0 Å². The maximum Gasteiger partial charge on any atom is 0.242 e. The molecule has 3 N–H and O–H groups in total. The fourth-order valence-corrected chi connectivity index (χ4v) is 3.14. The van der Waals surface area contributed by atoms with Gasteiger partial charge in [0.2, 0.25) is 11.9 Å². The van der Waals surface area contributed by atoms with Crippen molar-refractivity contribution in [2.75, 3.05) is 11.9 Å². The number of aliphatic imine (C=N–C) groups is 2. The normalized spacial score (nSPS) is 20.4. The van der Waals surface area contributed by atoms with Gasteiger partial charge in [-0.15, -0.1) is 0 Å². The molecule has 0 saturated carbocycles. The lowest BCUT2D eigenvalue weighted by molar-refractivity contribution is -0.115. The van der Waals surface area contributed by atoms with Crippen LogP contribution in [0.5, 0.6) is 0 Å². The monoisotopic (exact) mass is 397 g/mol. The highest BCUT2D eigenvalue weighted by atomic mass is 19.1. The van der Waals surface area contributed by atoms with E-state index >= 15 is 0 Å². The number of halogens is 1. The Morgan fingerprint density at radius 1 is 1.38 bits per heavy atom. The largest absolute Gasteiger partial charge is 0.445 e. The highest BCUT2D eigenvalue weighted by Gasteiger charge is 2.25. The maximum atomic E-state index is 14.4. The molecule has 0 radical (unpaired) electrons. The molecule has 1 aromatic carbocycles. The predicted octanol–water partition coefficient (Wildman–Crippen LogP) is 1.72. The van der Waals surface area contributed by atoms with Crippen LogP contribution in [0.4, 0.5) is 10.1 Å². The first-order chi connectivity index (χ1) is 13.9. The minimum Gasteiger partial charge on any atom is -0.445 e. The quantitative estimate of drug-likeness (QED) is 0.814. The Bertz CT molecular complexity index is 1040. The van der Waals surface area contributed by atoms with Gasteiger partial charge in [-0.05, 0) is 25.1 Å². The molecule has 0 bridgehead atoms. The van der Waals surface area contributed by atoms with Crippen molar-refractivity contribution < 1.29 is 13.6 Å². The van der Waals surface area contributed by atoms with Crippen LogP contribution in [0.3, 0.4) is 0 Å². The van der Waals surface area contributed by atoms with Gasteiger partial charge in [0.05, 0.1) is 30.9 Å². The van der Waals surface area contributed by atoms with Crippen LogP contribution in [0.2, 0.25) is 0 Å². The second-order valence-electron chi connectivity index (χ2n) is 6.87. The number of oxazole rings is 1. The Kier molecular flexibility index (Phi) is 4.93. The summed E-state index contributed by atoms with van der Waals surface area (Å²) < 4.78 is 19.9. The van der Waals surface area contributed by atoms with E-state index in [9.17, 15) is 9.18 Å². The number of nitrogens with one attached hydrogen (secondary N) is 1. The van der Waals surface area contributed by atoms with E-state index in [1.54, 1.807) is 31.1 Å². The fraction of sp³-hybridized carbons (Fsp3) is 0.316. The molecule has 10 heteroatoms. The lowest BCUT2D eigenvalue weighted by Crippen LogP contribution is -2.44. The van der Waals surface area contributed by atoms with Crippen LogP contribution in [0.1, 0.15) is 29.0 Å². The Morgan fingerprint density at radius 2 is 2.21 bits per heavy atom. The molecule has 2 aromatic rings. The molecule has 0 saturated heterocycles. The van der Waals surface area contributed by atoms with Crippen molar-refractivity contribution in [3.63, 3.8) is 0 Å². The van der Waals surface area contributed by atoms with E-state index in [-0.39, 0.29) is 23.9 Å². The summed E-state index contributed by atoms with van der Waals surface area (Å²) in [6.07, 6.45) is 3.16. The van der Waals surface area contributed by atoms with Crippen LogP contribution in [-0.4, -0.2) is 46.9 Å². The van der Waals surface area contributed by atoms with Crippen LogP contribution in [-0.2, 0) is 11.2 Å². The fourth-order valence-electron chi connectivity index (χ4n) is 3.14. The molecular weight excluding hydrogens is 377 g/mol. The lowest BCUT2D eigenvalue weighted by atomic mass is 10.1. The lowest BCUT2D eigenvalue weighted by Gasteiger charge is -2.28. The van der Waals surface area contributed by atoms with Crippen LogP contribution < -0.4 is 11.1 Å². The molecule has 0 aliphatic carbocycles. The Labute approximate surface area is 166 Å². The number of nitrogens with two attached hydrogens (primary N) is 1. The summed E-state index contributed by atoms with van der Waals surface area (Å²) in [5.74, 6) is 0.647. The number of rotatable bonds is 4. The third kappa shape index (κ3) is 4.06. The number of anilines is 1. The Balaban J connectivity index is 1.51. The number of aryl methyl sites for hydroxylation is 2. The number of amides is 1. The average molecular weight is 397 g/mol. The number of hydrogen-bond donors (Lipinski definition) is 2. The van der Waals surface area contributed by atoms with Crippen molar-refractivity contribution in [2.24, 2.45) is 20.8 Å². The van der Waals surface area contributed by atoms with Crippen LogP contribution in [0.15, 0.2) is 37.7 Å². The summed E-state index contributed by atoms with van der Waals surface area (Å²) in [7, 11) is 0. The van der Waals surface area contributed by atoms with E-state index in [2.05, 4.69) is 25.4 Å². The van der Waals surface area contributed by atoms with Crippen molar-refractivity contribution in [3.05, 3.63) is 46.9 Å². The first-order valence-corrected chi connectivity index (χ1v) is 9.10. The summed E-state index contributed by atoms with van der Waals surface area (Å²) in [5.41, 5.74) is 7.22. The van der Waals surface area contributed by atoms with Gasteiger partial charge in [0, 0.05) is 24.4 Å². The molecule has 2 aliphatic heterocycles. The third-order valence-electron chi connectivity index (χ3n) is 4.52. The first kappa shape index (κ1) is 18.9. The van der Waals surface area contributed by atoms with Gasteiger partial charge < -0.3 is 15.5 Å². The summed E-state index contributed by atoms with van der Waals surface area (Å²) in [4.78, 5) is 25.1. The second-order valence-corrected chi connectivity index (χ2v) is 6.87. The van der Waals surface area contributed by atoms with Gasteiger partial charge >= 0.3 is 0 Å². The zero-order valence-corrected chi connectivity index (χ0v) is 16.0. The third-order valence-corrected chi connectivity index (χ3v) is 4.52. The molecule has 2 unspecified atom stereocenters. The summed E-state index contributed by atoms with van der Waals surface area (Å²) >= 11 is 0. The molecule has 29 heavy (non-hydrogen) atoms. The van der Waals surface area contributed by atoms with Crippen molar-refractivity contribution in [2.45, 2.75) is 32.4 Å². The molecule has 3 heterocycles. The molecule has 2 atom stereocenters. The number of hydrazone groups is 1. The molecule has 9 nitrogen and oxygen atoms in total. The highest BCUT2D eigenvalue weighted by Crippen LogP contribution is 2.26. The van der Waals surface area contributed by atoms with Gasteiger partial charge in [0.25, 0.3) is 0 Å². The molecule has 4 rings (SSSR count). The second kappa shape index (κ2) is 7.55. The molecule has 1 aromatic heterocycles. The molecule has 2 aliphatic rings. The molecule has 150 valence electrons. The number of guanidine groups is 1. The first-order valence-electron chi connectivity index (χ1n) is 9.10. The summed E-state index contributed by atoms with van der Waals surface area (Å²) in [6, 6.07) is 3.45. The maximum absolute atomic E-state index is 14.4. The number of carbonyl (C=O) groups excluding carboxylic acids is 1. The van der Waals surface area contributed by atoms with Crippen molar-refractivity contribution in [3.8, 4) is 0 Å². The average Bonchev–Trinajstić information content (AvgIpc) is 2.99. The summed E-state index contributed by atoms with van der Waals surface area (Å²) in [5, 5.41) is 8.60. The van der Waals surface area contributed by atoms with E-state index in [0.29, 0.717) is 35.5 Å². The van der Waals surface area contributed by atoms with Gasteiger partial charge in [-0.3, -0.25) is 4.79 Å². The van der Waals surface area contributed by atoms with Crippen molar-refractivity contribution >= 4 is 30.0 Å². The number of carbonyl (C=O) groups is 1. The Morgan fingerprint density at radius 3 is 2.97 bits per heavy atom. The van der Waals surface area contributed by atoms with Gasteiger partial charge in [0.15, 0.2) is 5.89 Å². The number of hydrogen-bond acceptors (Lipinski definition) is 8. The minimum atomic E-state index is -0.649. The van der Waals surface area contributed by atoms with E-state index in [1.165, 1.54) is 18.3 Å². The number of aromatic nitrogens is 1. The zero-order chi connectivity index (χ0) is 20.5. The van der Waals surface area contributed by atoms with Crippen LogP contribution in [0, 0.1) is 19.7 Å². The zero-order valence-electron chi connectivity index (χ0n) is 16.0. The van der Waals surface area contributed by atoms with E-state index in [1.807, 2.05) is 0 Å². The van der Waals surface area contributed by atoms with Gasteiger partial charge in [-0.1, -0.05) is 0 Å². The van der Waals surface area contributed by atoms with E-state index in [4.69, 9.17) is 10.2 Å². The van der Waals surface area contributed by atoms with Gasteiger partial charge in [0.1, 0.15) is 17.6 Å². The standard InChI is InChI=1S/C19H20FN7O2/c1-10-17(29-11(2)24-10)6-18(28)25-13-3-4-15(20)14(5-13)16-8-23-27-9-12(21)7-22-19(27)26-16/h3-5,7-8,12,16H,6,9,21H2,1-2H3,(H,25,28). The van der Waals surface area contributed by atoms with Gasteiger partial charge in [-0.2, -0.15) is 5.10 Å². The number of fused-ring (bicyclic) bond motifs is 1. The smallest absolute Gasteiger partial charge is 0.242 e. The molecular formula is C19H20FN7O2. The molecule has 1 amide bonds. The van der Waals surface area contributed by atoms with Crippen molar-refractivity contribution in [1.29, 1.82) is 0 Å². The van der Waals surface area contributed by atoms with Crippen LogP contribution >= 0.6 is 0 Å². The van der Waals surface area contributed by atoms with Crippen molar-refractivity contribution in [1.82, 2.24) is 9.99 Å². The highest BCUT2D eigenvalue weighted by molar-refractivity contribution is 5.95.